The van der Waals surface area contributed by atoms with Crippen LogP contribution in [0.15, 0.2) is 18.2 Å². The number of nitro benzene ring substituents is 1. The minimum Gasteiger partial charge on any atom is -0.460 e. The van der Waals surface area contributed by atoms with E-state index in [9.17, 15) is 19.3 Å². The van der Waals surface area contributed by atoms with Gasteiger partial charge in [-0.1, -0.05) is 0 Å². The number of non-ortho nitro benzene ring substituents is 1. The highest BCUT2D eigenvalue weighted by molar-refractivity contribution is 5.73. The van der Waals surface area contributed by atoms with Crippen molar-refractivity contribution in [2.75, 3.05) is 31.1 Å². The van der Waals surface area contributed by atoms with E-state index in [1.54, 1.807) is 0 Å². The van der Waals surface area contributed by atoms with Crippen LogP contribution in [0.2, 0.25) is 0 Å². The molecule has 0 unspecified atom stereocenters. The third-order valence-electron chi connectivity index (χ3n) is 5.75. The van der Waals surface area contributed by atoms with Crippen molar-refractivity contribution in [1.82, 2.24) is 4.90 Å². The topological polar surface area (TPSA) is 75.9 Å². The maximum absolute atomic E-state index is 14.3. The number of ether oxygens (including phenoxy) is 1. The zero-order valence-electron chi connectivity index (χ0n) is 17.4. The van der Waals surface area contributed by atoms with Gasteiger partial charge in [0.15, 0.2) is 5.82 Å². The number of nitro groups is 1. The van der Waals surface area contributed by atoms with Crippen LogP contribution in [0, 0.1) is 21.8 Å². The van der Waals surface area contributed by atoms with Crippen molar-refractivity contribution in [3.63, 3.8) is 0 Å². The summed E-state index contributed by atoms with van der Waals surface area (Å²) in [5, 5.41) is 10.8. The Balaban J connectivity index is 1.49. The van der Waals surface area contributed by atoms with Crippen LogP contribution in [0.5, 0.6) is 0 Å². The molecule has 1 saturated carbocycles. The minimum absolute atomic E-state index is 0.0130. The van der Waals surface area contributed by atoms with E-state index in [4.69, 9.17) is 4.74 Å². The van der Waals surface area contributed by atoms with Gasteiger partial charge in [0.05, 0.1) is 22.6 Å². The van der Waals surface area contributed by atoms with E-state index in [0.29, 0.717) is 24.8 Å². The molecular formula is C21H30FN3O4. The molecule has 0 bridgehead atoms. The van der Waals surface area contributed by atoms with Gasteiger partial charge in [-0.3, -0.25) is 19.8 Å². The van der Waals surface area contributed by atoms with E-state index in [2.05, 4.69) is 4.90 Å². The molecule has 1 saturated heterocycles. The smallest absolute Gasteiger partial charge is 0.309 e. The molecule has 1 heterocycles. The highest BCUT2D eigenvalue weighted by atomic mass is 19.1. The molecule has 0 spiro atoms. The van der Waals surface area contributed by atoms with Crippen molar-refractivity contribution in [1.29, 1.82) is 0 Å². The van der Waals surface area contributed by atoms with Gasteiger partial charge in [0.25, 0.3) is 5.69 Å². The lowest BCUT2D eigenvalue weighted by Gasteiger charge is -2.42. The molecule has 0 N–H and O–H groups in total. The summed E-state index contributed by atoms with van der Waals surface area (Å²) in [6.07, 6.45) is 3.62. The van der Waals surface area contributed by atoms with Crippen LogP contribution < -0.4 is 4.90 Å². The fourth-order valence-electron chi connectivity index (χ4n) is 4.26. The fraction of sp³-hybridized carbons (Fsp3) is 0.667. The third kappa shape index (κ3) is 5.44. The number of rotatable bonds is 4. The Bertz CT molecular complexity index is 749. The van der Waals surface area contributed by atoms with Crippen molar-refractivity contribution < 1.29 is 18.8 Å². The van der Waals surface area contributed by atoms with E-state index < -0.39 is 16.3 Å². The fourth-order valence-corrected chi connectivity index (χ4v) is 4.26. The third-order valence-corrected chi connectivity index (χ3v) is 5.75. The van der Waals surface area contributed by atoms with Gasteiger partial charge >= 0.3 is 5.97 Å². The summed E-state index contributed by atoms with van der Waals surface area (Å²) < 4.78 is 19.8. The first-order chi connectivity index (χ1) is 13.6. The SMILES string of the molecule is CC(C)(C)OC(=O)C1CCC(N2CCN(c3ccc([N+](=O)[O-])cc3F)CC2)CC1. The van der Waals surface area contributed by atoms with Crippen molar-refractivity contribution in [2.45, 2.75) is 58.1 Å². The van der Waals surface area contributed by atoms with Gasteiger partial charge in [-0.25, -0.2) is 4.39 Å². The summed E-state index contributed by atoms with van der Waals surface area (Å²) in [6.45, 7) is 8.68. The Labute approximate surface area is 171 Å². The molecule has 1 aliphatic carbocycles. The highest BCUT2D eigenvalue weighted by Crippen LogP contribution is 2.31. The van der Waals surface area contributed by atoms with Crippen LogP contribution in [-0.4, -0.2) is 53.6 Å². The lowest BCUT2D eigenvalue weighted by atomic mass is 9.85. The Hall–Kier alpha value is -2.22. The summed E-state index contributed by atoms with van der Waals surface area (Å²) in [4.78, 5) is 26.8. The molecule has 1 aromatic carbocycles. The predicted molar refractivity (Wildman–Crippen MR) is 108 cm³/mol. The summed E-state index contributed by atoms with van der Waals surface area (Å²) in [5.74, 6) is -0.652. The zero-order valence-corrected chi connectivity index (χ0v) is 17.4. The molecule has 29 heavy (non-hydrogen) atoms. The minimum atomic E-state index is -0.585. The zero-order chi connectivity index (χ0) is 21.2. The number of esters is 1. The van der Waals surface area contributed by atoms with Crippen LogP contribution in [0.4, 0.5) is 15.8 Å². The molecule has 1 aromatic rings. The number of hydrogen-bond donors (Lipinski definition) is 0. The van der Waals surface area contributed by atoms with Crippen molar-refractivity contribution in [3.8, 4) is 0 Å². The lowest BCUT2D eigenvalue weighted by molar-refractivity contribution is -0.385. The van der Waals surface area contributed by atoms with Crippen LogP contribution in [0.3, 0.4) is 0 Å². The number of halogens is 1. The predicted octanol–water partition coefficient (Wildman–Crippen LogP) is 3.76. The van der Waals surface area contributed by atoms with Gasteiger partial charge in [0.1, 0.15) is 5.60 Å². The molecule has 3 rings (SSSR count). The molecule has 2 fully saturated rings. The number of piperazine rings is 1. The molecule has 0 atom stereocenters. The Morgan fingerprint density at radius 3 is 2.28 bits per heavy atom. The maximum atomic E-state index is 14.3. The monoisotopic (exact) mass is 407 g/mol. The second-order valence-corrected chi connectivity index (χ2v) is 8.95. The number of carbonyl (C=O) groups is 1. The van der Waals surface area contributed by atoms with Crippen LogP contribution >= 0.6 is 0 Å². The van der Waals surface area contributed by atoms with Crippen LogP contribution in [0.25, 0.3) is 0 Å². The van der Waals surface area contributed by atoms with E-state index in [0.717, 1.165) is 44.8 Å². The second kappa shape index (κ2) is 8.65. The van der Waals surface area contributed by atoms with Gasteiger partial charge < -0.3 is 9.64 Å². The van der Waals surface area contributed by atoms with Crippen LogP contribution in [-0.2, 0) is 9.53 Å². The summed E-state index contributed by atoms with van der Waals surface area (Å²) in [5.41, 5.74) is -0.257. The van der Waals surface area contributed by atoms with Crippen molar-refractivity contribution in [3.05, 3.63) is 34.1 Å². The molecule has 0 radical (unpaired) electrons. The summed E-state index contributed by atoms with van der Waals surface area (Å²) in [7, 11) is 0. The second-order valence-electron chi connectivity index (χ2n) is 8.95. The molecular weight excluding hydrogens is 377 g/mol. The molecule has 8 heteroatoms. The lowest BCUT2D eigenvalue weighted by Crippen LogP contribution is -2.51. The quantitative estimate of drug-likeness (QED) is 0.430. The Kier molecular flexibility index (Phi) is 6.41. The van der Waals surface area contributed by atoms with Crippen LogP contribution in [0.1, 0.15) is 46.5 Å². The number of carbonyl (C=O) groups excluding carboxylic acids is 1. The Morgan fingerprint density at radius 1 is 1.14 bits per heavy atom. The first kappa shape index (κ1) is 21.5. The Morgan fingerprint density at radius 2 is 1.76 bits per heavy atom. The normalized spacial score (nSPS) is 23.7. The van der Waals surface area contributed by atoms with Gasteiger partial charge in [-0.15, -0.1) is 0 Å². The molecule has 160 valence electrons. The first-order valence-corrected chi connectivity index (χ1v) is 10.3. The molecule has 0 amide bonds. The number of benzene rings is 1. The van der Waals surface area contributed by atoms with Gasteiger partial charge in [0.2, 0.25) is 0 Å². The largest absolute Gasteiger partial charge is 0.460 e. The molecule has 1 aliphatic heterocycles. The average Bonchev–Trinajstić information content (AvgIpc) is 2.67. The number of nitrogens with zero attached hydrogens (tertiary/aromatic N) is 3. The van der Waals surface area contributed by atoms with E-state index >= 15 is 0 Å². The van der Waals surface area contributed by atoms with Gasteiger partial charge in [-0.05, 0) is 52.5 Å². The highest BCUT2D eigenvalue weighted by Gasteiger charge is 2.33. The maximum Gasteiger partial charge on any atom is 0.309 e. The van der Waals surface area contributed by atoms with E-state index in [1.807, 2.05) is 25.7 Å². The molecule has 0 aromatic heterocycles. The van der Waals surface area contributed by atoms with E-state index in [1.165, 1.54) is 12.1 Å². The molecule has 7 nitrogen and oxygen atoms in total. The molecule has 2 aliphatic rings. The summed E-state index contributed by atoms with van der Waals surface area (Å²) >= 11 is 0. The first-order valence-electron chi connectivity index (χ1n) is 10.3. The van der Waals surface area contributed by atoms with Gasteiger partial charge in [0, 0.05) is 38.3 Å². The van der Waals surface area contributed by atoms with Gasteiger partial charge in [-0.2, -0.15) is 0 Å². The average molecular weight is 407 g/mol. The summed E-state index contributed by atoms with van der Waals surface area (Å²) in [6, 6.07) is 4.27. The number of hydrogen-bond acceptors (Lipinski definition) is 6. The number of anilines is 1. The van der Waals surface area contributed by atoms with Crippen molar-refractivity contribution >= 4 is 17.3 Å². The van der Waals surface area contributed by atoms with Crippen molar-refractivity contribution in [2.24, 2.45) is 5.92 Å². The standard InChI is InChI=1S/C21H30FN3O4/c1-21(2,3)29-20(26)15-4-6-16(7-5-15)23-10-12-24(13-11-23)19-9-8-17(25(27)28)14-18(19)22/h8-9,14-16H,4-7,10-13H2,1-3H3. The van der Waals surface area contributed by atoms with E-state index in [-0.39, 0.29) is 17.6 Å².